The third-order valence-corrected chi connectivity index (χ3v) is 4.25. The second-order valence-electron chi connectivity index (χ2n) is 4.93. The number of anilines is 1. The number of hydrogen-bond acceptors (Lipinski definition) is 5. The highest BCUT2D eigenvalue weighted by atomic mass is 79.9. The molecule has 2 rings (SSSR count). The van der Waals surface area contributed by atoms with Gasteiger partial charge in [0.15, 0.2) is 6.61 Å². The topological polar surface area (TPSA) is 98.5 Å². The lowest BCUT2D eigenvalue weighted by Gasteiger charge is -2.08. The quantitative estimate of drug-likeness (QED) is 0.392. The van der Waals surface area contributed by atoms with Crippen molar-refractivity contribution in [3.05, 3.63) is 67.1 Å². The fourth-order valence-electron chi connectivity index (χ4n) is 1.87. The second kappa shape index (κ2) is 8.72. The summed E-state index contributed by atoms with van der Waals surface area (Å²) in [5.41, 5.74) is 1.01. The van der Waals surface area contributed by atoms with E-state index in [-0.39, 0.29) is 12.1 Å². The monoisotopic (exact) mass is 470 g/mol. The Kier molecular flexibility index (Phi) is 6.65. The molecule has 0 aliphatic heterocycles. The van der Waals surface area contributed by atoms with Crippen LogP contribution in [0.3, 0.4) is 0 Å². The molecule has 0 unspecified atom stereocenters. The summed E-state index contributed by atoms with van der Waals surface area (Å²) in [6.45, 7) is -0.446. The summed E-state index contributed by atoms with van der Waals surface area (Å²) in [5, 5.41) is 13.2. The molecule has 1 amide bonds. The maximum atomic E-state index is 11.8. The van der Waals surface area contributed by atoms with E-state index >= 15 is 0 Å². The molecule has 2 aromatic carbocycles. The molecule has 130 valence electrons. The maximum Gasteiger partial charge on any atom is 0.310 e. The first kappa shape index (κ1) is 19.1. The van der Waals surface area contributed by atoms with Gasteiger partial charge in [0.1, 0.15) is 0 Å². The van der Waals surface area contributed by atoms with Gasteiger partial charge < -0.3 is 10.1 Å². The number of nitrogens with zero attached hydrogens (tertiary/aromatic N) is 1. The number of esters is 1. The Morgan fingerprint density at radius 2 is 1.80 bits per heavy atom. The zero-order valence-corrected chi connectivity index (χ0v) is 15.9. The van der Waals surface area contributed by atoms with Crippen LogP contribution in [0, 0.1) is 10.1 Å². The highest BCUT2D eigenvalue weighted by Crippen LogP contribution is 2.27. The van der Waals surface area contributed by atoms with Gasteiger partial charge in [0.05, 0.1) is 17.0 Å². The number of carbonyl (C=O) groups is 2. The van der Waals surface area contributed by atoms with E-state index in [1.165, 1.54) is 18.2 Å². The molecular weight excluding hydrogens is 460 g/mol. The third-order valence-electron chi connectivity index (χ3n) is 3.06. The first-order chi connectivity index (χ1) is 11.8. The summed E-state index contributed by atoms with van der Waals surface area (Å²) in [6, 6.07) is 11.1. The van der Waals surface area contributed by atoms with E-state index < -0.39 is 23.4 Å². The summed E-state index contributed by atoms with van der Waals surface area (Å²) in [4.78, 5) is 33.7. The van der Waals surface area contributed by atoms with Gasteiger partial charge in [-0.15, -0.1) is 0 Å². The van der Waals surface area contributed by atoms with Gasteiger partial charge in [-0.25, -0.2) is 0 Å². The summed E-state index contributed by atoms with van der Waals surface area (Å²) in [6.07, 6.45) is 0.0573. The maximum absolute atomic E-state index is 11.8. The normalized spacial score (nSPS) is 10.2. The molecule has 0 spiro atoms. The Morgan fingerprint density at radius 3 is 2.40 bits per heavy atom. The molecule has 2 aromatic rings. The van der Waals surface area contributed by atoms with Crippen molar-refractivity contribution in [1.29, 1.82) is 0 Å². The van der Waals surface area contributed by atoms with Crippen LogP contribution in [0.2, 0.25) is 0 Å². The third kappa shape index (κ3) is 5.95. The highest BCUT2D eigenvalue weighted by Gasteiger charge is 2.13. The first-order valence-corrected chi connectivity index (χ1v) is 8.57. The smallest absolute Gasteiger partial charge is 0.310 e. The van der Waals surface area contributed by atoms with Crippen LogP contribution in [-0.4, -0.2) is 23.4 Å². The molecular formula is C16H12Br2N2O5. The van der Waals surface area contributed by atoms with Crippen LogP contribution in [0.4, 0.5) is 11.4 Å². The van der Waals surface area contributed by atoms with E-state index in [0.29, 0.717) is 10.2 Å². The number of nitro benzene ring substituents is 1. The number of non-ortho nitro benzene ring substituents is 1. The molecule has 9 heteroatoms. The van der Waals surface area contributed by atoms with Crippen molar-refractivity contribution >= 4 is 55.1 Å². The van der Waals surface area contributed by atoms with E-state index in [4.69, 9.17) is 4.74 Å². The lowest BCUT2D eigenvalue weighted by atomic mass is 10.2. The predicted molar refractivity (Wildman–Crippen MR) is 98.2 cm³/mol. The van der Waals surface area contributed by atoms with Crippen LogP contribution in [-0.2, 0) is 20.7 Å². The molecule has 0 saturated heterocycles. The molecule has 7 nitrogen and oxygen atoms in total. The number of carbonyl (C=O) groups excluding carboxylic acids is 2. The molecule has 0 atom stereocenters. The van der Waals surface area contributed by atoms with Crippen molar-refractivity contribution in [3.8, 4) is 0 Å². The molecule has 25 heavy (non-hydrogen) atoms. The first-order valence-electron chi connectivity index (χ1n) is 6.99. The van der Waals surface area contributed by atoms with Gasteiger partial charge in [0.25, 0.3) is 11.6 Å². The molecule has 0 saturated carbocycles. The molecule has 0 fully saturated rings. The van der Waals surface area contributed by atoms with Gasteiger partial charge in [0, 0.05) is 21.1 Å². The Morgan fingerprint density at radius 1 is 1.12 bits per heavy atom. The van der Waals surface area contributed by atoms with Crippen molar-refractivity contribution in [2.45, 2.75) is 6.42 Å². The number of nitro groups is 1. The molecule has 0 aliphatic rings. The zero-order chi connectivity index (χ0) is 18.4. The van der Waals surface area contributed by atoms with Gasteiger partial charge >= 0.3 is 5.97 Å². The van der Waals surface area contributed by atoms with E-state index in [1.807, 2.05) is 0 Å². The summed E-state index contributed by atoms with van der Waals surface area (Å²) >= 11 is 6.44. The summed E-state index contributed by atoms with van der Waals surface area (Å²) in [7, 11) is 0. The van der Waals surface area contributed by atoms with Crippen LogP contribution >= 0.6 is 31.9 Å². The average molecular weight is 472 g/mol. The number of nitrogens with one attached hydrogen (secondary N) is 1. The Hall–Kier alpha value is -2.26. The fraction of sp³-hybridized carbons (Fsp3) is 0.125. The summed E-state index contributed by atoms with van der Waals surface area (Å²) < 4.78 is 6.18. The zero-order valence-electron chi connectivity index (χ0n) is 12.7. The molecule has 0 aromatic heterocycles. The van der Waals surface area contributed by atoms with Crippen LogP contribution in [0.25, 0.3) is 0 Å². The van der Waals surface area contributed by atoms with Gasteiger partial charge in [0.2, 0.25) is 0 Å². The molecule has 0 radical (unpaired) electrons. The van der Waals surface area contributed by atoms with Crippen molar-refractivity contribution in [1.82, 2.24) is 0 Å². The van der Waals surface area contributed by atoms with Crippen molar-refractivity contribution in [3.63, 3.8) is 0 Å². The predicted octanol–water partition coefficient (Wildman–Crippen LogP) is 3.84. The van der Waals surface area contributed by atoms with Crippen LogP contribution in [0.1, 0.15) is 5.56 Å². The molecule has 0 aliphatic carbocycles. The number of amides is 1. The van der Waals surface area contributed by atoms with Gasteiger partial charge in [-0.3, -0.25) is 19.7 Å². The molecule has 0 heterocycles. The van der Waals surface area contributed by atoms with E-state index in [9.17, 15) is 19.7 Å². The van der Waals surface area contributed by atoms with Crippen molar-refractivity contribution < 1.29 is 19.2 Å². The summed E-state index contributed by atoms with van der Waals surface area (Å²) in [5.74, 6) is -1.07. The number of hydrogen-bond donors (Lipinski definition) is 1. The van der Waals surface area contributed by atoms with Gasteiger partial charge in [-0.05, 0) is 39.7 Å². The lowest BCUT2D eigenvalue weighted by Crippen LogP contribution is -2.21. The molecule has 0 bridgehead atoms. The van der Waals surface area contributed by atoms with Crippen LogP contribution in [0.15, 0.2) is 51.4 Å². The second-order valence-corrected chi connectivity index (χ2v) is 6.70. The van der Waals surface area contributed by atoms with E-state index in [0.717, 1.165) is 10.0 Å². The standard InChI is InChI=1S/C16H12Br2N2O5/c17-11-3-1-10(2-4-11)7-16(22)25-9-15(21)19-14-6-5-12(20(23)24)8-13(14)18/h1-6,8H,7,9H2,(H,19,21). The highest BCUT2D eigenvalue weighted by molar-refractivity contribution is 9.10. The minimum Gasteiger partial charge on any atom is -0.455 e. The van der Waals surface area contributed by atoms with Gasteiger partial charge in [-0.2, -0.15) is 0 Å². The largest absolute Gasteiger partial charge is 0.455 e. The Balaban J connectivity index is 1.85. The van der Waals surface area contributed by atoms with Crippen molar-refractivity contribution in [2.75, 3.05) is 11.9 Å². The van der Waals surface area contributed by atoms with E-state index in [1.54, 1.807) is 24.3 Å². The Bertz CT molecular complexity index is 809. The average Bonchev–Trinajstić information content (AvgIpc) is 2.57. The molecule has 1 N–H and O–H groups in total. The van der Waals surface area contributed by atoms with Crippen LogP contribution < -0.4 is 5.32 Å². The number of benzene rings is 2. The minimum absolute atomic E-state index is 0.0573. The van der Waals surface area contributed by atoms with E-state index in [2.05, 4.69) is 37.2 Å². The fourth-order valence-corrected chi connectivity index (χ4v) is 2.60. The Labute approximate surface area is 159 Å². The minimum atomic E-state index is -0.543. The SMILES string of the molecule is O=C(COC(=O)Cc1ccc(Br)cc1)Nc1ccc([N+](=O)[O-])cc1Br. The van der Waals surface area contributed by atoms with Crippen molar-refractivity contribution in [2.24, 2.45) is 0 Å². The van der Waals surface area contributed by atoms with Gasteiger partial charge in [-0.1, -0.05) is 28.1 Å². The number of ether oxygens (including phenoxy) is 1. The lowest BCUT2D eigenvalue weighted by molar-refractivity contribution is -0.384. The van der Waals surface area contributed by atoms with Crippen LogP contribution in [0.5, 0.6) is 0 Å². The number of rotatable bonds is 6. The number of halogens is 2.